The number of likely N-dealkylation sites (tertiary alicyclic amines) is 1. The molecule has 2 N–H and O–H groups in total. The number of piperidine rings is 3. The summed E-state index contributed by atoms with van der Waals surface area (Å²) in [6, 6.07) is 10.1. The Morgan fingerprint density at radius 1 is 1.20 bits per heavy atom. The summed E-state index contributed by atoms with van der Waals surface area (Å²) in [5.74, 6) is 1.66. The summed E-state index contributed by atoms with van der Waals surface area (Å²) < 4.78 is 0. The molecule has 1 aromatic carbocycles. The van der Waals surface area contributed by atoms with Crippen molar-refractivity contribution in [3.05, 3.63) is 35.9 Å². The van der Waals surface area contributed by atoms with Gasteiger partial charge in [-0.25, -0.2) is 0 Å². The number of hydrogen-bond donors (Lipinski definition) is 2. The lowest BCUT2D eigenvalue weighted by Gasteiger charge is -2.64. The maximum absolute atomic E-state index is 13.8. The van der Waals surface area contributed by atoms with Gasteiger partial charge in [0.05, 0.1) is 0 Å². The van der Waals surface area contributed by atoms with E-state index in [0.29, 0.717) is 18.4 Å². The molecule has 0 spiro atoms. The van der Waals surface area contributed by atoms with Crippen LogP contribution in [0, 0.1) is 29.6 Å². The van der Waals surface area contributed by atoms with E-state index in [-0.39, 0.29) is 35.6 Å². The molecule has 1 saturated carbocycles. The Labute approximate surface area is 181 Å². The van der Waals surface area contributed by atoms with Crippen LogP contribution in [0.3, 0.4) is 0 Å². The average molecular weight is 412 g/mol. The van der Waals surface area contributed by atoms with E-state index in [1.165, 1.54) is 0 Å². The molecule has 0 aromatic heterocycles. The number of nitrogens with one attached hydrogen (secondary N) is 2. The number of benzene rings is 1. The van der Waals surface area contributed by atoms with Gasteiger partial charge in [0.15, 0.2) is 0 Å². The molecule has 5 atom stereocenters. The van der Waals surface area contributed by atoms with Crippen molar-refractivity contribution in [3.8, 4) is 0 Å². The minimum Gasteiger partial charge on any atom is -0.350 e. The van der Waals surface area contributed by atoms with Crippen molar-refractivity contribution >= 4 is 11.8 Å². The fourth-order valence-electron chi connectivity index (χ4n) is 6.42. The molecular formula is C25H37N3O2. The van der Waals surface area contributed by atoms with Crippen molar-refractivity contribution in [1.29, 1.82) is 0 Å². The molecule has 3 saturated heterocycles. The van der Waals surface area contributed by atoms with Crippen molar-refractivity contribution in [3.63, 3.8) is 0 Å². The second-order valence-electron chi connectivity index (χ2n) is 10.5. The number of carbonyl (C=O) groups is 2. The normalized spacial score (nSPS) is 33.1. The van der Waals surface area contributed by atoms with Gasteiger partial charge < -0.3 is 10.6 Å². The van der Waals surface area contributed by atoms with E-state index in [4.69, 9.17) is 0 Å². The van der Waals surface area contributed by atoms with Crippen LogP contribution in [0.5, 0.6) is 0 Å². The Morgan fingerprint density at radius 3 is 2.60 bits per heavy atom. The Bertz CT molecular complexity index is 778. The maximum atomic E-state index is 13.8. The number of nitrogens with zero attached hydrogens (tertiary/aromatic N) is 1. The Hall–Kier alpha value is -1.88. The average Bonchev–Trinajstić information content (AvgIpc) is 2.69. The maximum Gasteiger partial charge on any atom is 0.247 e. The summed E-state index contributed by atoms with van der Waals surface area (Å²) in [4.78, 5) is 29.4. The molecule has 0 unspecified atom stereocenters. The van der Waals surface area contributed by atoms with Crippen molar-refractivity contribution in [2.24, 2.45) is 29.6 Å². The summed E-state index contributed by atoms with van der Waals surface area (Å²) in [6.45, 7) is 11.4. The van der Waals surface area contributed by atoms with Gasteiger partial charge >= 0.3 is 0 Å². The van der Waals surface area contributed by atoms with E-state index in [1.54, 1.807) is 0 Å². The Kier molecular flexibility index (Phi) is 5.93. The van der Waals surface area contributed by atoms with Gasteiger partial charge in [-0.1, -0.05) is 58.0 Å². The number of carbonyl (C=O) groups excluding carboxylic acids is 2. The Balaban J connectivity index is 1.67. The van der Waals surface area contributed by atoms with Crippen molar-refractivity contribution in [2.45, 2.75) is 65.1 Å². The van der Waals surface area contributed by atoms with Gasteiger partial charge in [-0.15, -0.1) is 0 Å². The van der Waals surface area contributed by atoms with Crippen LogP contribution in [-0.2, 0) is 16.1 Å². The largest absolute Gasteiger partial charge is 0.350 e. The molecule has 3 heterocycles. The van der Waals surface area contributed by atoms with Crippen LogP contribution in [-0.4, -0.2) is 41.4 Å². The lowest BCUT2D eigenvalue weighted by atomic mass is 9.52. The predicted molar refractivity (Wildman–Crippen MR) is 119 cm³/mol. The van der Waals surface area contributed by atoms with E-state index < -0.39 is 5.54 Å². The third-order valence-electron chi connectivity index (χ3n) is 7.41. The van der Waals surface area contributed by atoms with E-state index in [9.17, 15) is 9.59 Å². The SMILES string of the molecule is CC(C)C[C@H]1[C@@H]2N(CC(C)C)CC[C@@H]3C[C@H]1C(=O)N[C@@]32C(=O)NCc1ccccc1. The number of amides is 2. The van der Waals surface area contributed by atoms with E-state index in [0.717, 1.165) is 37.9 Å². The van der Waals surface area contributed by atoms with Crippen molar-refractivity contribution < 1.29 is 9.59 Å². The predicted octanol–water partition coefficient (Wildman–Crippen LogP) is 3.20. The van der Waals surface area contributed by atoms with Crippen LogP contribution in [0.4, 0.5) is 0 Å². The second-order valence-corrected chi connectivity index (χ2v) is 10.5. The molecule has 5 rings (SSSR count). The van der Waals surface area contributed by atoms with E-state index in [2.05, 4.69) is 43.2 Å². The van der Waals surface area contributed by atoms with Crippen molar-refractivity contribution in [2.75, 3.05) is 13.1 Å². The zero-order valence-electron chi connectivity index (χ0n) is 18.9. The molecule has 0 radical (unpaired) electrons. The van der Waals surface area contributed by atoms with E-state index in [1.807, 2.05) is 30.3 Å². The molecule has 4 fully saturated rings. The minimum absolute atomic E-state index is 0.00932. The van der Waals surface area contributed by atoms with Crippen LogP contribution >= 0.6 is 0 Å². The monoisotopic (exact) mass is 411 g/mol. The number of rotatable bonds is 7. The first-order valence-electron chi connectivity index (χ1n) is 11.7. The summed E-state index contributed by atoms with van der Waals surface area (Å²) in [5.41, 5.74) is 0.286. The van der Waals surface area contributed by atoms with Crippen LogP contribution in [0.25, 0.3) is 0 Å². The van der Waals surface area contributed by atoms with Gasteiger partial charge in [0.1, 0.15) is 5.54 Å². The first kappa shape index (κ1) is 21.4. The highest BCUT2D eigenvalue weighted by Gasteiger charge is 2.67. The smallest absolute Gasteiger partial charge is 0.247 e. The summed E-state index contributed by atoms with van der Waals surface area (Å²) in [5, 5.41) is 6.48. The Morgan fingerprint density at radius 2 is 1.93 bits per heavy atom. The molecule has 1 aliphatic carbocycles. The topological polar surface area (TPSA) is 61.4 Å². The third-order valence-corrected chi connectivity index (χ3v) is 7.41. The van der Waals surface area contributed by atoms with Crippen LogP contribution in [0.2, 0.25) is 0 Å². The van der Waals surface area contributed by atoms with Gasteiger partial charge in [0, 0.05) is 25.0 Å². The minimum atomic E-state index is -0.798. The molecule has 164 valence electrons. The van der Waals surface area contributed by atoms with Gasteiger partial charge in [0.2, 0.25) is 11.8 Å². The molecule has 4 bridgehead atoms. The summed E-state index contributed by atoms with van der Waals surface area (Å²) in [6.07, 6.45) is 2.83. The first-order chi connectivity index (χ1) is 14.3. The molecule has 3 aliphatic heterocycles. The highest BCUT2D eigenvalue weighted by Crippen LogP contribution is 2.53. The highest BCUT2D eigenvalue weighted by atomic mass is 16.2. The zero-order chi connectivity index (χ0) is 21.5. The zero-order valence-corrected chi connectivity index (χ0v) is 18.9. The molecule has 4 aliphatic rings. The van der Waals surface area contributed by atoms with Gasteiger partial charge in [-0.05, 0) is 55.0 Å². The highest BCUT2D eigenvalue weighted by molar-refractivity contribution is 5.96. The van der Waals surface area contributed by atoms with Crippen LogP contribution < -0.4 is 10.6 Å². The molecule has 5 heteroatoms. The fourth-order valence-corrected chi connectivity index (χ4v) is 6.42. The van der Waals surface area contributed by atoms with Gasteiger partial charge in [0.25, 0.3) is 0 Å². The first-order valence-corrected chi connectivity index (χ1v) is 11.7. The van der Waals surface area contributed by atoms with E-state index >= 15 is 0 Å². The molecule has 30 heavy (non-hydrogen) atoms. The summed E-state index contributed by atoms with van der Waals surface area (Å²) in [7, 11) is 0. The fraction of sp³-hybridized carbons (Fsp3) is 0.680. The molecule has 5 nitrogen and oxygen atoms in total. The van der Waals surface area contributed by atoms with Crippen molar-refractivity contribution in [1.82, 2.24) is 15.5 Å². The molecule has 1 aromatic rings. The molecular weight excluding hydrogens is 374 g/mol. The second kappa shape index (κ2) is 8.33. The summed E-state index contributed by atoms with van der Waals surface area (Å²) >= 11 is 0. The van der Waals surface area contributed by atoms with Gasteiger partial charge in [-0.3, -0.25) is 14.5 Å². The quantitative estimate of drug-likeness (QED) is 0.724. The third kappa shape index (κ3) is 3.66. The van der Waals surface area contributed by atoms with Crippen LogP contribution in [0.1, 0.15) is 52.5 Å². The lowest BCUT2D eigenvalue weighted by molar-refractivity contribution is -0.176. The van der Waals surface area contributed by atoms with Gasteiger partial charge in [-0.2, -0.15) is 0 Å². The standard InChI is InChI=1S/C25H37N3O2/c1-16(2)12-20-21-13-19-10-11-28(15-17(3)4)22(20)25(19,27-23(21)29)24(30)26-14-18-8-6-5-7-9-18/h5-9,16-17,19-22H,10-15H2,1-4H3,(H,26,30)(H,27,29)/t19-,20-,21-,22+,25+/m1/s1. The number of fused-ring (bicyclic) bond motifs is 1. The van der Waals surface area contributed by atoms with Crippen LogP contribution in [0.15, 0.2) is 30.3 Å². The molecule has 2 amide bonds. The lowest BCUT2D eigenvalue weighted by Crippen LogP contribution is -2.84. The number of hydrogen-bond acceptors (Lipinski definition) is 3.